The van der Waals surface area contributed by atoms with Crippen molar-refractivity contribution in [3.05, 3.63) is 119 Å². The highest BCUT2D eigenvalue weighted by Gasteiger charge is 2.40. The number of fused-ring (bicyclic) bond motifs is 3. The van der Waals surface area contributed by atoms with Gasteiger partial charge in [-0.05, 0) is 65.2 Å². The lowest BCUT2D eigenvalue weighted by molar-refractivity contribution is 0.0737. The van der Waals surface area contributed by atoms with Gasteiger partial charge in [0.25, 0.3) is 5.91 Å². The number of para-hydroxylation sites is 1. The number of nitrogens with one attached hydrogen (secondary N) is 1. The summed E-state index contributed by atoms with van der Waals surface area (Å²) >= 11 is 0. The van der Waals surface area contributed by atoms with Crippen LogP contribution >= 0.6 is 0 Å². The molecule has 5 nitrogen and oxygen atoms in total. The van der Waals surface area contributed by atoms with Crippen LogP contribution in [0.25, 0.3) is 22.2 Å². The normalized spacial score (nSPS) is 16.1. The fourth-order valence-electron chi connectivity index (χ4n) is 5.37. The second kappa shape index (κ2) is 7.99. The van der Waals surface area contributed by atoms with E-state index in [-0.39, 0.29) is 24.6 Å². The molecule has 176 valence electrons. The molecule has 0 unspecified atom stereocenters. The SMILES string of the molecule is O=C1c2ccccc2[C@@H](c2c(-c3ccc(F)cc3)[nH]c3ccccc23)N1Cc1ccc2c(c1)OCO2. The van der Waals surface area contributed by atoms with Gasteiger partial charge >= 0.3 is 0 Å². The summed E-state index contributed by atoms with van der Waals surface area (Å²) in [6.07, 6.45) is 0. The number of H-pyrrole nitrogens is 1. The maximum absolute atomic E-state index is 13.8. The van der Waals surface area contributed by atoms with Gasteiger partial charge in [0.2, 0.25) is 6.79 Å². The first-order chi connectivity index (χ1) is 17.7. The third kappa shape index (κ3) is 3.18. The number of halogens is 1. The molecule has 0 bridgehead atoms. The molecule has 7 rings (SSSR count). The summed E-state index contributed by atoms with van der Waals surface area (Å²) in [6.45, 7) is 0.600. The van der Waals surface area contributed by atoms with E-state index in [4.69, 9.17) is 9.47 Å². The van der Waals surface area contributed by atoms with Gasteiger partial charge in [0.15, 0.2) is 11.5 Å². The molecule has 1 N–H and O–H groups in total. The minimum absolute atomic E-state index is 0.0244. The van der Waals surface area contributed by atoms with Crippen LogP contribution in [0, 0.1) is 5.82 Å². The number of hydrogen-bond acceptors (Lipinski definition) is 3. The predicted octanol–water partition coefficient (Wildman–Crippen LogP) is 6.45. The second-order valence-electron chi connectivity index (χ2n) is 9.08. The third-order valence-electron chi connectivity index (χ3n) is 7.00. The summed E-state index contributed by atoms with van der Waals surface area (Å²) in [6, 6.07) is 27.8. The first-order valence-electron chi connectivity index (χ1n) is 11.8. The van der Waals surface area contributed by atoms with Gasteiger partial charge < -0.3 is 19.4 Å². The molecular formula is C30H21FN2O3. The molecule has 0 spiro atoms. The van der Waals surface area contributed by atoms with Crippen LogP contribution in [0.2, 0.25) is 0 Å². The molecule has 4 aromatic carbocycles. The molecule has 0 saturated heterocycles. The van der Waals surface area contributed by atoms with Crippen LogP contribution in [0.4, 0.5) is 4.39 Å². The highest BCUT2D eigenvalue weighted by Crippen LogP contribution is 2.46. The number of carbonyl (C=O) groups excluding carboxylic acids is 1. The van der Waals surface area contributed by atoms with Crippen molar-refractivity contribution in [1.29, 1.82) is 0 Å². The van der Waals surface area contributed by atoms with Gasteiger partial charge in [-0.1, -0.05) is 42.5 Å². The van der Waals surface area contributed by atoms with Crippen molar-refractivity contribution in [1.82, 2.24) is 9.88 Å². The Balaban J connectivity index is 1.42. The molecule has 1 aromatic heterocycles. The van der Waals surface area contributed by atoms with Crippen molar-refractivity contribution in [3.63, 3.8) is 0 Å². The van der Waals surface area contributed by atoms with Crippen molar-refractivity contribution >= 4 is 16.8 Å². The van der Waals surface area contributed by atoms with E-state index in [1.54, 1.807) is 12.1 Å². The molecule has 0 aliphatic carbocycles. The Morgan fingerprint density at radius 2 is 1.67 bits per heavy atom. The summed E-state index contributed by atoms with van der Waals surface area (Å²) in [5, 5.41) is 1.03. The van der Waals surface area contributed by atoms with Crippen molar-refractivity contribution in [2.75, 3.05) is 6.79 Å². The minimum Gasteiger partial charge on any atom is -0.454 e. The topological polar surface area (TPSA) is 54.6 Å². The second-order valence-corrected chi connectivity index (χ2v) is 9.08. The van der Waals surface area contributed by atoms with E-state index in [9.17, 15) is 9.18 Å². The Hall–Kier alpha value is -4.58. The van der Waals surface area contributed by atoms with Crippen LogP contribution in [0.15, 0.2) is 91.0 Å². The third-order valence-corrected chi connectivity index (χ3v) is 7.00. The highest BCUT2D eigenvalue weighted by atomic mass is 19.1. The fraction of sp³-hybridized carbons (Fsp3) is 0.100. The average Bonchev–Trinajstić information content (AvgIpc) is 3.59. The van der Waals surface area contributed by atoms with E-state index >= 15 is 0 Å². The molecule has 0 saturated carbocycles. The quantitative estimate of drug-likeness (QED) is 0.324. The molecule has 2 aliphatic heterocycles. The average molecular weight is 477 g/mol. The standard InChI is InChI=1S/C30H21FN2O3/c31-20-12-10-19(11-13-20)28-27(23-7-3-4-8-24(23)32-28)29-21-5-1-2-6-22(21)30(34)33(29)16-18-9-14-25-26(15-18)36-17-35-25/h1-15,29,32H,16-17H2/t29-/m0/s1. The fourth-order valence-corrected chi connectivity index (χ4v) is 5.37. The molecule has 1 amide bonds. The van der Waals surface area contributed by atoms with Crippen molar-refractivity contribution in [2.24, 2.45) is 0 Å². The number of aromatic amines is 1. The van der Waals surface area contributed by atoms with Gasteiger partial charge in [0.05, 0.1) is 11.7 Å². The summed E-state index contributed by atoms with van der Waals surface area (Å²) in [7, 11) is 0. The van der Waals surface area contributed by atoms with Crippen LogP contribution in [-0.2, 0) is 6.54 Å². The van der Waals surface area contributed by atoms with E-state index in [2.05, 4.69) is 11.1 Å². The van der Waals surface area contributed by atoms with E-state index < -0.39 is 0 Å². The molecule has 36 heavy (non-hydrogen) atoms. The maximum atomic E-state index is 13.8. The van der Waals surface area contributed by atoms with Crippen LogP contribution in [0.3, 0.4) is 0 Å². The lowest BCUT2D eigenvalue weighted by Gasteiger charge is -2.27. The van der Waals surface area contributed by atoms with Gasteiger partial charge in [-0.25, -0.2) is 4.39 Å². The van der Waals surface area contributed by atoms with Crippen molar-refractivity contribution in [3.8, 4) is 22.8 Å². The number of carbonyl (C=O) groups is 1. The highest BCUT2D eigenvalue weighted by molar-refractivity contribution is 6.02. The van der Waals surface area contributed by atoms with Gasteiger partial charge in [0, 0.05) is 28.6 Å². The Morgan fingerprint density at radius 1 is 0.889 bits per heavy atom. The van der Waals surface area contributed by atoms with Crippen molar-refractivity contribution < 1.29 is 18.7 Å². The van der Waals surface area contributed by atoms with Gasteiger partial charge in [0.1, 0.15) is 5.82 Å². The summed E-state index contributed by atoms with van der Waals surface area (Å²) < 4.78 is 24.8. The first kappa shape index (κ1) is 20.8. The van der Waals surface area contributed by atoms with E-state index in [0.717, 1.165) is 38.9 Å². The smallest absolute Gasteiger partial charge is 0.255 e. The predicted molar refractivity (Wildman–Crippen MR) is 134 cm³/mol. The lowest BCUT2D eigenvalue weighted by atomic mass is 9.93. The lowest BCUT2D eigenvalue weighted by Crippen LogP contribution is -2.28. The number of aromatic nitrogens is 1. The van der Waals surface area contributed by atoms with E-state index in [1.807, 2.05) is 65.6 Å². The summed E-state index contributed by atoms with van der Waals surface area (Å²) in [5.41, 5.74) is 6.30. The Bertz CT molecular complexity index is 1640. The molecule has 0 radical (unpaired) electrons. The summed E-state index contributed by atoms with van der Waals surface area (Å²) in [4.78, 5) is 19.2. The van der Waals surface area contributed by atoms with Crippen LogP contribution in [0.5, 0.6) is 11.5 Å². The molecule has 3 heterocycles. The number of hydrogen-bond donors (Lipinski definition) is 1. The number of benzene rings is 4. The van der Waals surface area contributed by atoms with Crippen LogP contribution in [0.1, 0.15) is 33.1 Å². The van der Waals surface area contributed by atoms with Crippen molar-refractivity contribution in [2.45, 2.75) is 12.6 Å². The number of ether oxygens (including phenoxy) is 2. The van der Waals surface area contributed by atoms with Crippen LogP contribution < -0.4 is 9.47 Å². The van der Waals surface area contributed by atoms with E-state index in [0.29, 0.717) is 23.6 Å². The van der Waals surface area contributed by atoms with Gasteiger partial charge in [-0.15, -0.1) is 0 Å². The molecular weight excluding hydrogens is 455 g/mol. The maximum Gasteiger partial charge on any atom is 0.255 e. The zero-order valence-corrected chi connectivity index (χ0v) is 19.2. The monoisotopic (exact) mass is 476 g/mol. The minimum atomic E-state index is -0.324. The Labute approximate surface area is 206 Å². The number of rotatable bonds is 4. The Kier molecular flexibility index (Phi) is 4.61. The van der Waals surface area contributed by atoms with E-state index in [1.165, 1.54) is 12.1 Å². The largest absolute Gasteiger partial charge is 0.454 e. The van der Waals surface area contributed by atoms with Gasteiger partial charge in [-0.2, -0.15) is 0 Å². The number of amides is 1. The zero-order chi connectivity index (χ0) is 24.2. The molecule has 0 fully saturated rings. The zero-order valence-electron chi connectivity index (χ0n) is 19.2. The Morgan fingerprint density at radius 3 is 2.56 bits per heavy atom. The molecule has 6 heteroatoms. The first-order valence-corrected chi connectivity index (χ1v) is 11.8. The molecule has 2 aliphatic rings. The number of nitrogens with zero attached hydrogens (tertiary/aromatic N) is 1. The molecule has 5 aromatic rings. The summed E-state index contributed by atoms with van der Waals surface area (Å²) in [5.74, 6) is 1.08. The van der Waals surface area contributed by atoms with Crippen LogP contribution in [-0.4, -0.2) is 22.6 Å². The molecule has 1 atom stereocenters. The van der Waals surface area contributed by atoms with Gasteiger partial charge in [-0.3, -0.25) is 4.79 Å².